The molecule has 0 aromatic heterocycles. The van der Waals surface area contributed by atoms with E-state index in [1.807, 2.05) is 6.07 Å². The standard InChI is InChI=1S/C14H16O5/c15-13(16)8-12-11(6-7-18-12)9-19-14(17)10-4-2-1-3-5-10/h1-5,11-12H,6-9H2,(H,15,16)/t11-,12-/m0/s1. The van der Waals surface area contributed by atoms with Gasteiger partial charge in [-0.25, -0.2) is 4.79 Å². The van der Waals surface area contributed by atoms with E-state index in [4.69, 9.17) is 14.6 Å². The smallest absolute Gasteiger partial charge is 0.338 e. The topological polar surface area (TPSA) is 72.8 Å². The van der Waals surface area contributed by atoms with E-state index in [-0.39, 0.29) is 31.0 Å². The maximum atomic E-state index is 11.8. The molecular weight excluding hydrogens is 248 g/mol. The number of ether oxygens (including phenoxy) is 2. The first-order valence-electron chi connectivity index (χ1n) is 6.22. The highest BCUT2D eigenvalue weighted by molar-refractivity contribution is 5.89. The minimum absolute atomic E-state index is 0.0382. The molecule has 0 spiro atoms. The Morgan fingerprint density at radius 2 is 2.05 bits per heavy atom. The van der Waals surface area contributed by atoms with Crippen molar-refractivity contribution in [2.24, 2.45) is 5.92 Å². The molecule has 19 heavy (non-hydrogen) atoms. The Hall–Kier alpha value is -1.88. The van der Waals surface area contributed by atoms with Gasteiger partial charge in [-0.1, -0.05) is 18.2 Å². The predicted molar refractivity (Wildman–Crippen MR) is 66.8 cm³/mol. The van der Waals surface area contributed by atoms with E-state index >= 15 is 0 Å². The average molecular weight is 264 g/mol. The summed E-state index contributed by atoms with van der Waals surface area (Å²) in [5.41, 5.74) is 0.496. The van der Waals surface area contributed by atoms with Crippen LogP contribution in [-0.4, -0.2) is 36.4 Å². The molecule has 1 heterocycles. The molecule has 0 aliphatic carbocycles. The molecule has 5 nitrogen and oxygen atoms in total. The van der Waals surface area contributed by atoms with Crippen molar-refractivity contribution in [3.63, 3.8) is 0 Å². The molecule has 1 aliphatic rings. The van der Waals surface area contributed by atoms with Gasteiger partial charge in [0.1, 0.15) is 0 Å². The zero-order chi connectivity index (χ0) is 13.7. The van der Waals surface area contributed by atoms with Crippen LogP contribution in [0, 0.1) is 5.92 Å². The summed E-state index contributed by atoms with van der Waals surface area (Å²) in [5, 5.41) is 8.76. The summed E-state index contributed by atoms with van der Waals surface area (Å²) in [6.07, 6.45) is 0.314. The lowest BCUT2D eigenvalue weighted by Gasteiger charge is -2.16. The van der Waals surface area contributed by atoms with Gasteiger partial charge in [0, 0.05) is 12.5 Å². The van der Waals surface area contributed by atoms with Gasteiger partial charge < -0.3 is 14.6 Å². The van der Waals surface area contributed by atoms with E-state index in [0.717, 1.165) is 6.42 Å². The Bertz CT molecular complexity index is 442. The van der Waals surface area contributed by atoms with Crippen molar-refractivity contribution in [1.29, 1.82) is 0 Å². The van der Waals surface area contributed by atoms with Crippen LogP contribution in [0.4, 0.5) is 0 Å². The zero-order valence-corrected chi connectivity index (χ0v) is 10.5. The highest BCUT2D eigenvalue weighted by Gasteiger charge is 2.31. The van der Waals surface area contributed by atoms with Gasteiger partial charge in [-0.3, -0.25) is 4.79 Å². The monoisotopic (exact) mass is 264 g/mol. The van der Waals surface area contributed by atoms with Crippen LogP contribution in [0.5, 0.6) is 0 Å². The lowest BCUT2D eigenvalue weighted by molar-refractivity contribution is -0.140. The van der Waals surface area contributed by atoms with Crippen LogP contribution in [0.2, 0.25) is 0 Å². The number of carboxylic acids is 1. The van der Waals surface area contributed by atoms with Crippen LogP contribution in [-0.2, 0) is 14.3 Å². The second-order valence-corrected chi connectivity index (χ2v) is 4.52. The van der Waals surface area contributed by atoms with Crippen LogP contribution >= 0.6 is 0 Å². The molecule has 1 saturated heterocycles. The van der Waals surface area contributed by atoms with Crippen molar-refractivity contribution in [1.82, 2.24) is 0 Å². The van der Waals surface area contributed by atoms with Gasteiger partial charge in [0.05, 0.1) is 24.7 Å². The molecule has 1 aromatic carbocycles. The van der Waals surface area contributed by atoms with Gasteiger partial charge in [0.25, 0.3) is 0 Å². The first-order chi connectivity index (χ1) is 9.16. The third-order valence-electron chi connectivity index (χ3n) is 3.16. The van der Waals surface area contributed by atoms with Crippen LogP contribution in [0.15, 0.2) is 30.3 Å². The summed E-state index contributed by atoms with van der Waals surface area (Å²) in [4.78, 5) is 22.4. The number of aliphatic carboxylic acids is 1. The second-order valence-electron chi connectivity index (χ2n) is 4.52. The van der Waals surface area contributed by atoms with Crippen molar-refractivity contribution in [2.45, 2.75) is 18.9 Å². The predicted octanol–water partition coefficient (Wildman–Crippen LogP) is 1.72. The van der Waals surface area contributed by atoms with Crippen LogP contribution < -0.4 is 0 Å². The fourth-order valence-electron chi connectivity index (χ4n) is 2.12. The van der Waals surface area contributed by atoms with E-state index in [2.05, 4.69) is 0 Å². The number of carboxylic acid groups (broad SMARTS) is 1. The number of carbonyl (C=O) groups excluding carboxylic acids is 1. The van der Waals surface area contributed by atoms with Crippen molar-refractivity contribution >= 4 is 11.9 Å². The van der Waals surface area contributed by atoms with Crippen LogP contribution in [0.1, 0.15) is 23.2 Å². The molecule has 0 amide bonds. The minimum Gasteiger partial charge on any atom is -0.481 e. The Balaban J connectivity index is 1.85. The molecule has 2 atom stereocenters. The average Bonchev–Trinajstić information content (AvgIpc) is 2.83. The molecule has 0 radical (unpaired) electrons. The van der Waals surface area contributed by atoms with E-state index in [1.54, 1.807) is 24.3 Å². The molecule has 5 heteroatoms. The molecular formula is C14H16O5. The maximum absolute atomic E-state index is 11.8. The van der Waals surface area contributed by atoms with Crippen LogP contribution in [0.25, 0.3) is 0 Å². The van der Waals surface area contributed by atoms with Gasteiger partial charge in [0.15, 0.2) is 0 Å². The highest BCUT2D eigenvalue weighted by Crippen LogP contribution is 2.24. The van der Waals surface area contributed by atoms with E-state index < -0.39 is 5.97 Å². The Morgan fingerprint density at radius 1 is 1.32 bits per heavy atom. The largest absolute Gasteiger partial charge is 0.481 e. The van der Waals surface area contributed by atoms with Gasteiger partial charge in [0.2, 0.25) is 0 Å². The normalized spacial score (nSPS) is 22.1. The first-order valence-corrected chi connectivity index (χ1v) is 6.22. The second kappa shape index (κ2) is 6.33. The molecule has 1 aliphatic heterocycles. The molecule has 2 rings (SSSR count). The maximum Gasteiger partial charge on any atom is 0.338 e. The number of rotatable bonds is 5. The fourth-order valence-corrected chi connectivity index (χ4v) is 2.12. The number of hydrogen-bond acceptors (Lipinski definition) is 4. The van der Waals surface area contributed by atoms with Gasteiger partial charge in [-0.15, -0.1) is 0 Å². The van der Waals surface area contributed by atoms with Crippen molar-refractivity contribution < 1.29 is 24.2 Å². The molecule has 0 bridgehead atoms. The SMILES string of the molecule is O=C(O)C[C@@H]1OCC[C@H]1COC(=O)c1ccccc1. The Kier molecular flexibility index (Phi) is 4.52. The van der Waals surface area contributed by atoms with Crippen molar-refractivity contribution in [3.8, 4) is 0 Å². The van der Waals surface area contributed by atoms with Gasteiger partial charge >= 0.3 is 11.9 Å². The molecule has 1 N–H and O–H groups in total. The third kappa shape index (κ3) is 3.79. The number of esters is 1. The summed E-state index contributed by atoms with van der Waals surface area (Å²) in [5.74, 6) is -1.32. The van der Waals surface area contributed by atoms with E-state index in [0.29, 0.717) is 12.2 Å². The summed E-state index contributed by atoms with van der Waals surface area (Å²) in [6, 6.07) is 8.72. The number of hydrogen-bond donors (Lipinski definition) is 1. The molecule has 102 valence electrons. The lowest BCUT2D eigenvalue weighted by Crippen LogP contribution is -2.25. The summed E-state index contributed by atoms with van der Waals surface area (Å²) in [7, 11) is 0. The minimum atomic E-state index is -0.897. The van der Waals surface area contributed by atoms with Crippen molar-refractivity contribution in [3.05, 3.63) is 35.9 Å². The van der Waals surface area contributed by atoms with Gasteiger partial charge in [-0.2, -0.15) is 0 Å². The van der Waals surface area contributed by atoms with Crippen molar-refractivity contribution in [2.75, 3.05) is 13.2 Å². The molecule has 1 fully saturated rings. The fraction of sp³-hybridized carbons (Fsp3) is 0.429. The first kappa shape index (κ1) is 13.5. The third-order valence-corrected chi connectivity index (χ3v) is 3.16. The van der Waals surface area contributed by atoms with Gasteiger partial charge in [-0.05, 0) is 18.6 Å². The van der Waals surface area contributed by atoms with E-state index in [1.165, 1.54) is 0 Å². The quantitative estimate of drug-likeness (QED) is 0.820. The summed E-state index contributed by atoms with van der Waals surface area (Å²) in [6.45, 7) is 0.719. The lowest BCUT2D eigenvalue weighted by atomic mass is 10.0. The Labute approximate surface area is 111 Å². The number of carbonyl (C=O) groups is 2. The Morgan fingerprint density at radius 3 is 2.74 bits per heavy atom. The summed E-state index contributed by atoms with van der Waals surface area (Å²) < 4.78 is 10.6. The highest BCUT2D eigenvalue weighted by atomic mass is 16.5. The van der Waals surface area contributed by atoms with E-state index in [9.17, 15) is 9.59 Å². The summed E-state index contributed by atoms with van der Waals surface area (Å²) >= 11 is 0. The molecule has 1 aromatic rings. The zero-order valence-electron chi connectivity index (χ0n) is 10.5. The van der Waals surface area contributed by atoms with Crippen LogP contribution in [0.3, 0.4) is 0 Å². The molecule has 0 saturated carbocycles. The molecule has 0 unspecified atom stereocenters. The number of benzene rings is 1.